The number of hydrogen-bond donors (Lipinski definition) is 1. The highest BCUT2D eigenvalue weighted by molar-refractivity contribution is 5.77. The first-order valence-corrected chi connectivity index (χ1v) is 8.19. The number of amides is 1. The lowest BCUT2D eigenvalue weighted by atomic mass is 9.92. The Hall–Kier alpha value is -1.72. The summed E-state index contributed by atoms with van der Waals surface area (Å²) in [4.78, 5) is 16.0. The van der Waals surface area contributed by atoms with Crippen LogP contribution in [0.25, 0.3) is 0 Å². The maximum atomic E-state index is 12.8. The number of halogens is 2. The number of hydrogen-bond acceptors (Lipinski definition) is 3. The van der Waals surface area contributed by atoms with Crippen molar-refractivity contribution in [2.45, 2.75) is 63.5 Å². The van der Waals surface area contributed by atoms with E-state index in [0.717, 1.165) is 37.1 Å². The lowest BCUT2D eigenvalue weighted by Gasteiger charge is -2.29. The standard InChI is InChI=1S/C17H22F2N2O2/c1-11-15(3-2-8-20-11)23-14-6-4-13(5-7-14)21-16(22)9-12-10-17(12,18)19/h2-3,8,12-14H,4-7,9-10H2,1H3,(H,21,22). The minimum atomic E-state index is -2.62. The predicted octanol–water partition coefficient (Wildman–Crippen LogP) is 3.24. The van der Waals surface area contributed by atoms with Crippen LogP contribution in [0, 0.1) is 12.8 Å². The van der Waals surface area contributed by atoms with E-state index >= 15 is 0 Å². The molecule has 4 nitrogen and oxygen atoms in total. The number of carbonyl (C=O) groups is 1. The van der Waals surface area contributed by atoms with Gasteiger partial charge in [-0.15, -0.1) is 0 Å². The van der Waals surface area contributed by atoms with Gasteiger partial charge in [0.25, 0.3) is 5.92 Å². The average molecular weight is 324 g/mol. The van der Waals surface area contributed by atoms with E-state index < -0.39 is 11.8 Å². The fraction of sp³-hybridized carbons (Fsp3) is 0.647. The van der Waals surface area contributed by atoms with Gasteiger partial charge in [0.15, 0.2) is 0 Å². The molecule has 0 saturated heterocycles. The zero-order valence-corrected chi connectivity index (χ0v) is 13.2. The third kappa shape index (κ3) is 4.18. The molecule has 2 saturated carbocycles. The van der Waals surface area contributed by atoms with Crippen LogP contribution in [0.15, 0.2) is 18.3 Å². The number of aromatic nitrogens is 1. The van der Waals surface area contributed by atoms with E-state index in [-0.39, 0.29) is 30.9 Å². The van der Waals surface area contributed by atoms with E-state index in [4.69, 9.17) is 4.74 Å². The van der Waals surface area contributed by atoms with Gasteiger partial charge in [0, 0.05) is 31.0 Å². The lowest BCUT2D eigenvalue weighted by molar-refractivity contribution is -0.123. The summed E-state index contributed by atoms with van der Waals surface area (Å²) in [6, 6.07) is 3.83. The number of nitrogens with zero attached hydrogens (tertiary/aromatic N) is 1. The summed E-state index contributed by atoms with van der Waals surface area (Å²) in [6.07, 6.45) is 4.98. The Kier molecular flexibility index (Phi) is 4.50. The third-order valence-electron chi connectivity index (χ3n) is 4.68. The summed E-state index contributed by atoms with van der Waals surface area (Å²) in [6.45, 7) is 1.91. The summed E-state index contributed by atoms with van der Waals surface area (Å²) >= 11 is 0. The first-order chi connectivity index (χ1) is 10.9. The van der Waals surface area contributed by atoms with Gasteiger partial charge in [-0.3, -0.25) is 9.78 Å². The molecular weight excluding hydrogens is 302 g/mol. The van der Waals surface area contributed by atoms with Gasteiger partial charge in [0.1, 0.15) is 5.75 Å². The molecule has 1 aromatic heterocycles. The second-order valence-electron chi connectivity index (χ2n) is 6.61. The Labute approximate surface area is 134 Å². The number of ether oxygens (including phenoxy) is 1. The molecule has 0 spiro atoms. The lowest BCUT2D eigenvalue weighted by Crippen LogP contribution is -2.40. The summed E-state index contributed by atoms with van der Waals surface area (Å²) in [5.74, 6) is -2.82. The van der Waals surface area contributed by atoms with Crippen molar-refractivity contribution in [2.24, 2.45) is 5.92 Å². The maximum absolute atomic E-state index is 12.8. The second-order valence-corrected chi connectivity index (χ2v) is 6.61. The van der Waals surface area contributed by atoms with Crippen LogP contribution in [-0.2, 0) is 4.79 Å². The molecule has 0 bridgehead atoms. The Morgan fingerprint density at radius 2 is 2.09 bits per heavy atom. The van der Waals surface area contributed by atoms with Gasteiger partial charge in [-0.05, 0) is 44.7 Å². The highest BCUT2D eigenvalue weighted by Crippen LogP contribution is 2.50. The largest absolute Gasteiger partial charge is 0.489 e. The zero-order chi connectivity index (χ0) is 16.4. The summed E-state index contributed by atoms with van der Waals surface area (Å²) in [7, 11) is 0. The molecule has 0 aliphatic heterocycles. The van der Waals surface area contributed by atoms with Crippen LogP contribution >= 0.6 is 0 Å². The van der Waals surface area contributed by atoms with E-state index in [9.17, 15) is 13.6 Å². The normalized spacial score (nSPS) is 28.9. The van der Waals surface area contributed by atoms with Gasteiger partial charge in [-0.2, -0.15) is 0 Å². The molecule has 2 aliphatic carbocycles. The molecule has 1 atom stereocenters. The average Bonchev–Trinajstić information content (AvgIpc) is 3.10. The quantitative estimate of drug-likeness (QED) is 0.904. The van der Waals surface area contributed by atoms with E-state index in [0.29, 0.717) is 0 Å². The summed E-state index contributed by atoms with van der Waals surface area (Å²) in [5, 5.41) is 2.88. The van der Waals surface area contributed by atoms with Gasteiger partial charge >= 0.3 is 0 Å². The minimum absolute atomic E-state index is 0.0572. The number of carbonyl (C=O) groups excluding carboxylic acids is 1. The molecule has 3 rings (SSSR count). The molecule has 23 heavy (non-hydrogen) atoms. The number of pyridine rings is 1. The highest BCUT2D eigenvalue weighted by atomic mass is 19.3. The topological polar surface area (TPSA) is 51.2 Å². The van der Waals surface area contributed by atoms with Crippen LogP contribution in [0.2, 0.25) is 0 Å². The smallest absolute Gasteiger partial charge is 0.252 e. The molecule has 1 unspecified atom stereocenters. The van der Waals surface area contributed by atoms with Crippen molar-refractivity contribution in [3.05, 3.63) is 24.0 Å². The van der Waals surface area contributed by atoms with Crippen LogP contribution in [0.4, 0.5) is 8.78 Å². The zero-order valence-electron chi connectivity index (χ0n) is 13.2. The first-order valence-electron chi connectivity index (χ1n) is 8.19. The Balaban J connectivity index is 1.40. The second kappa shape index (κ2) is 6.42. The summed E-state index contributed by atoms with van der Waals surface area (Å²) < 4.78 is 31.6. The third-order valence-corrected chi connectivity index (χ3v) is 4.68. The SMILES string of the molecule is Cc1ncccc1OC1CCC(NC(=O)CC2CC2(F)F)CC1. The van der Waals surface area contributed by atoms with Crippen molar-refractivity contribution in [1.29, 1.82) is 0 Å². The van der Waals surface area contributed by atoms with Gasteiger partial charge in [0.2, 0.25) is 5.91 Å². The predicted molar refractivity (Wildman–Crippen MR) is 81.5 cm³/mol. The number of alkyl halides is 2. The molecular formula is C17H22F2N2O2. The Bertz CT molecular complexity index is 571. The molecule has 1 N–H and O–H groups in total. The summed E-state index contributed by atoms with van der Waals surface area (Å²) in [5.41, 5.74) is 0.869. The van der Waals surface area contributed by atoms with Gasteiger partial charge in [-0.25, -0.2) is 8.78 Å². The van der Waals surface area contributed by atoms with Crippen molar-refractivity contribution in [2.75, 3.05) is 0 Å². The van der Waals surface area contributed by atoms with E-state index in [1.165, 1.54) is 0 Å². The number of rotatable bonds is 5. The number of aryl methyl sites for hydroxylation is 1. The van der Waals surface area contributed by atoms with E-state index in [1.807, 2.05) is 19.1 Å². The maximum Gasteiger partial charge on any atom is 0.252 e. The monoisotopic (exact) mass is 324 g/mol. The molecule has 1 amide bonds. The fourth-order valence-electron chi connectivity index (χ4n) is 3.10. The van der Waals surface area contributed by atoms with Gasteiger partial charge < -0.3 is 10.1 Å². The molecule has 1 aromatic rings. The van der Waals surface area contributed by atoms with Crippen molar-refractivity contribution >= 4 is 5.91 Å². The molecule has 0 radical (unpaired) electrons. The Morgan fingerprint density at radius 3 is 2.70 bits per heavy atom. The number of nitrogens with one attached hydrogen (secondary N) is 1. The molecule has 2 fully saturated rings. The van der Waals surface area contributed by atoms with Gasteiger partial charge in [0.05, 0.1) is 11.8 Å². The fourth-order valence-corrected chi connectivity index (χ4v) is 3.10. The highest BCUT2D eigenvalue weighted by Gasteiger charge is 2.57. The molecule has 1 heterocycles. The van der Waals surface area contributed by atoms with Crippen LogP contribution < -0.4 is 10.1 Å². The van der Waals surface area contributed by atoms with Crippen LogP contribution in [0.3, 0.4) is 0 Å². The Morgan fingerprint density at radius 1 is 1.39 bits per heavy atom. The van der Waals surface area contributed by atoms with Crippen molar-refractivity contribution in [1.82, 2.24) is 10.3 Å². The molecule has 0 aromatic carbocycles. The molecule has 6 heteroatoms. The first kappa shape index (κ1) is 16.1. The van der Waals surface area contributed by atoms with Crippen molar-refractivity contribution < 1.29 is 18.3 Å². The van der Waals surface area contributed by atoms with E-state index in [1.54, 1.807) is 6.20 Å². The van der Waals surface area contributed by atoms with Crippen LogP contribution in [0.5, 0.6) is 5.75 Å². The molecule has 126 valence electrons. The van der Waals surface area contributed by atoms with Crippen LogP contribution in [-0.4, -0.2) is 29.0 Å². The van der Waals surface area contributed by atoms with Crippen molar-refractivity contribution in [3.8, 4) is 5.75 Å². The van der Waals surface area contributed by atoms with Crippen LogP contribution in [0.1, 0.15) is 44.2 Å². The van der Waals surface area contributed by atoms with Gasteiger partial charge in [-0.1, -0.05) is 0 Å². The molecule has 2 aliphatic rings. The van der Waals surface area contributed by atoms with E-state index in [2.05, 4.69) is 10.3 Å². The van der Waals surface area contributed by atoms with Crippen molar-refractivity contribution in [3.63, 3.8) is 0 Å². The minimum Gasteiger partial charge on any atom is -0.489 e.